The minimum atomic E-state index is 0.825. The van der Waals surface area contributed by atoms with E-state index >= 15 is 0 Å². The van der Waals surface area contributed by atoms with Crippen LogP contribution in [-0.2, 0) is 6.54 Å². The van der Waals surface area contributed by atoms with Gasteiger partial charge in [0, 0.05) is 11.4 Å². The average Bonchev–Trinajstić information content (AvgIpc) is 2.75. The van der Waals surface area contributed by atoms with E-state index < -0.39 is 0 Å². The third-order valence-electron chi connectivity index (χ3n) is 2.08. The van der Waals surface area contributed by atoms with Gasteiger partial charge in [0.1, 0.15) is 0 Å². The minimum Gasteiger partial charge on any atom is -0.316 e. The third kappa shape index (κ3) is 3.01. The van der Waals surface area contributed by atoms with Crippen molar-refractivity contribution in [2.45, 2.75) is 15.6 Å². The molecule has 1 nitrogen and oxygen atoms in total. The smallest absolute Gasteiger partial charge is 0.0646 e. The Kier molecular flexibility index (Phi) is 4.29. The van der Waals surface area contributed by atoms with E-state index in [-0.39, 0.29) is 0 Å². The van der Waals surface area contributed by atoms with E-state index in [4.69, 9.17) is 11.6 Å². The molecule has 0 saturated heterocycles. The summed E-state index contributed by atoms with van der Waals surface area (Å²) in [4.78, 5) is 1.11. The molecule has 0 unspecified atom stereocenters. The van der Waals surface area contributed by atoms with Crippen LogP contribution in [0.15, 0.2) is 44.8 Å². The number of halogens is 1. The van der Waals surface area contributed by atoms with Crippen LogP contribution < -0.4 is 5.32 Å². The summed E-state index contributed by atoms with van der Waals surface area (Å²) >= 11 is 9.68. The van der Waals surface area contributed by atoms with Gasteiger partial charge in [-0.3, -0.25) is 0 Å². The van der Waals surface area contributed by atoms with Crippen LogP contribution in [0, 0.1) is 0 Å². The lowest BCUT2D eigenvalue weighted by Crippen LogP contribution is -2.04. The Morgan fingerprint density at radius 2 is 2.25 bits per heavy atom. The molecule has 0 saturated carbocycles. The molecule has 84 valence electrons. The first-order valence-electron chi connectivity index (χ1n) is 4.94. The molecular weight excluding hydrogens is 258 g/mol. The zero-order chi connectivity index (χ0) is 11.4. The van der Waals surface area contributed by atoms with Gasteiger partial charge in [-0.1, -0.05) is 35.5 Å². The maximum atomic E-state index is 6.24. The molecule has 1 aromatic carbocycles. The van der Waals surface area contributed by atoms with Gasteiger partial charge in [0.2, 0.25) is 0 Å². The summed E-state index contributed by atoms with van der Waals surface area (Å²) in [5, 5.41) is 6.01. The highest BCUT2D eigenvalue weighted by atomic mass is 35.5. The summed E-state index contributed by atoms with van der Waals surface area (Å²) in [7, 11) is 1.93. The second-order valence-electron chi connectivity index (χ2n) is 3.33. The lowest BCUT2D eigenvalue weighted by molar-refractivity contribution is 0.817. The van der Waals surface area contributed by atoms with Gasteiger partial charge in [0.05, 0.1) is 9.23 Å². The van der Waals surface area contributed by atoms with Crippen LogP contribution >= 0.6 is 34.7 Å². The van der Waals surface area contributed by atoms with Crippen LogP contribution in [0.3, 0.4) is 0 Å². The van der Waals surface area contributed by atoms with Gasteiger partial charge in [0.15, 0.2) is 0 Å². The van der Waals surface area contributed by atoms with Crippen molar-refractivity contribution in [2.24, 2.45) is 0 Å². The van der Waals surface area contributed by atoms with E-state index in [0.717, 1.165) is 16.5 Å². The van der Waals surface area contributed by atoms with Crippen LogP contribution in [0.4, 0.5) is 0 Å². The highest BCUT2D eigenvalue weighted by Crippen LogP contribution is 2.36. The Morgan fingerprint density at radius 1 is 1.38 bits per heavy atom. The summed E-state index contributed by atoms with van der Waals surface area (Å²) in [5.41, 5.74) is 1.21. The molecular formula is C12H12ClNS2. The van der Waals surface area contributed by atoms with Gasteiger partial charge >= 0.3 is 0 Å². The zero-order valence-corrected chi connectivity index (χ0v) is 11.3. The minimum absolute atomic E-state index is 0.825. The van der Waals surface area contributed by atoms with Crippen molar-refractivity contribution >= 4 is 34.7 Å². The average molecular weight is 270 g/mol. The van der Waals surface area contributed by atoms with Crippen molar-refractivity contribution in [3.63, 3.8) is 0 Å². The van der Waals surface area contributed by atoms with E-state index in [9.17, 15) is 0 Å². The Hall–Kier alpha value is -0.480. The second kappa shape index (κ2) is 5.73. The fraction of sp³-hybridized carbons (Fsp3) is 0.167. The third-order valence-corrected chi connectivity index (χ3v) is 4.62. The SMILES string of the molecule is CNCc1ccc(Sc2cccs2)c(Cl)c1. The van der Waals surface area contributed by atoms with Gasteiger partial charge in [-0.15, -0.1) is 11.3 Å². The summed E-state index contributed by atoms with van der Waals surface area (Å²) in [5.74, 6) is 0. The van der Waals surface area contributed by atoms with E-state index in [1.807, 2.05) is 13.1 Å². The largest absolute Gasteiger partial charge is 0.316 e. The summed E-state index contributed by atoms with van der Waals surface area (Å²) in [6, 6.07) is 10.4. The highest BCUT2D eigenvalue weighted by Gasteiger charge is 2.04. The van der Waals surface area contributed by atoms with Crippen molar-refractivity contribution < 1.29 is 0 Å². The van der Waals surface area contributed by atoms with Crippen LogP contribution in [-0.4, -0.2) is 7.05 Å². The number of thiophene rings is 1. The summed E-state index contributed by atoms with van der Waals surface area (Å²) in [6.45, 7) is 0.851. The summed E-state index contributed by atoms with van der Waals surface area (Å²) in [6.07, 6.45) is 0. The monoisotopic (exact) mass is 269 g/mol. The van der Waals surface area contributed by atoms with Gasteiger partial charge in [-0.05, 0) is 36.2 Å². The van der Waals surface area contributed by atoms with Crippen LogP contribution in [0.1, 0.15) is 5.56 Å². The van der Waals surface area contributed by atoms with E-state index in [1.165, 1.54) is 9.77 Å². The Balaban J connectivity index is 2.16. The predicted molar refractivity (Wildman–Crippen MR) is 72.7 cm³/mol. The number of nitrogens with one attached hydrogen (secondary N) is 1. The molecule has 1 aromatic heterocycles. The molecule has 0 radical (unpaired) electrons. The molecule has 1 heterocycles. The Labute approximate surface area is 109 Å². The van der Waals surface area contributed by atoms with Crippen molar-refractivity contribution in [1.82, 2.24) is 5.32 Å². The second-order valence-corrected chi connectivity index (χ2v) is 6.03. The van der Waals surface area contributed by atoms with E-state index in [1.54, 1.807) is 23.1 Å². The number of rotatable bonds is 4. The molecule has 0 fully saturated rings. The number of hydrogen-bond donors (Lipinski definition) is 1. The number of benzene rings is 1. The molecule has 4 heteroatoms. The zero-order valence-electron chi connectivity index (χ0n) is 8.87. The first-order chi connectivity index (χ1) is 7.79. The molecule has 1 N–H and O–H groups in total. The van der Waals surface area contributed by atoms with Crippen LogP contribution in [0.2, 0.25) is 5.02 Å². The molecule has 0 spiro atoms. The van der Waals surface area contributed by atoms with Gasteiger partial charge in [-0.25, -0.2) is 0 Å². The molecule has 2 rings (SSSR count). The fourth-order valence-corrected chi connectivity index (χ4v) is 3.42. The van der Waals surface area contributed by atoms with Crippen molar-refractivity contribution in [1.29, 1.82) is 0 Å². The molecule has 0 bridgehead atoms. The van der Waals surface area contributed by atoms with Crippen LogP contribution in [0.25, 0.3) is 0 Å². The van der Waals surface area contributed by atoms with Crippen molar-refractivity contribution in [3.8, 4) is 0 Å². The lowest BCUT2D eigenvalue weighted by Gasteiger charge is -2.05. The maximum Gasteiger partial charge on any atom is 0.0646 e. The molecule has 0 aliphatic heterocycles. The molecule has 0 amide bonds. The van der Waals surface area contributed by atoms with Gasteiger partial charge in [-0.2, -0.15) is 0 Å². The lowest BCUT2D eigenvalue weighted by atomic mass is 10.2. The molecule has 0 aliphatic carbocycles. The molecule has 16 heavy (non-hydrogen) atoms. The fourth-order valence-electron chi connectivity index (χ4n) is 1.37. The van der Waals surface area contributed by atoms with Crippen molar-refractivity contribution in [2.75, 3.05) is 7.05 Å². The summed E-state index contributed by atoms with van der Waals surface area (Å²) < 4.78 is 1.27. The number of hydrogen-bond acceptors (Lipinski definition) is 3. The maximum absolute atomic E-state index is 6.24. The van der Waals surface area contributed by atoms with E-state index in [2.05, 4.69) is 35.0 Å². The predicted octanol–water partition coefficient (Wildman–Crippen LogP) is 4.27. The molecule has 2 aromatic rings. The molecule has 0 atom stereocenters. The molecule has 0 aliphatic rings. The first-order valence-corrected chi connectivity index (χ1v) is 7.01. The van der Waals surface area contributed by atoms with Crippen LogP contribution in [0.5, 0.6) is 0 Å². The van der Waals surface area contributed by atoms with E-state index in [0.29, 0.717) is 0 Å². The Bertz CT molecular complexity index is 454. The van der Waals surface area contributed by atoms with Gasteiger partial charge < -0.3 is 5.32 Å². The van der Waals surface area contributed by atoms with Gasteiger partial charge in [0.25, 0.3) is 0 Å². The highest BCUT2D eigenvalue weighted by molar-refractivity contribution is 8.01. The first kappa shape index (κ1) is 12.0. The Morgan fingerprint density at radius 3 is 2.88 bits per heavy atom. The normalized spacial score (nSPS) is 10.6. The van der Waals surface area contributed by atoms with Crippen molar-refractivity contribution in [3.05, 3.63) is 46.3 Å². The topological polar surface area (TPSA) is 12.0 Å². The quantitative estimate of drug-likeness (QED) is 0.890. The standard InChI is InChI=1S/C12H12ClNS2/c1-14-8-9-4-5-11(10(13)7-9)16-12-3-2-6-15-12/h2-7,14H,8H2,1H3.